The van der Waals surface area contributed by atoms with Crippen molar-refractivity contribution >= 4 is 11.5 Å². The van der Waals surface area contributed by atoms with Crippen LogP contribution in [0, 0.1) is 10.1 Å². The SMILES string of the molecule is COCC(C)Nc1ncnc(Oc2ccccc2OC)c1[N+](=O)[O-]. The lowest BCUT2D eigenvalue weighted by atomic mass is 10.3. The fourth-order valence-corrected chi connectivity index (χ4v) is 2.04. The third kappa shape index (κ3) is 4.07. The number of nitrogens with zero attached hydrogens (tertiary/aromatic N) is 3. The molecule has 0 aliphatic carbocycles. The molecule has 0 saturated heterocycles. The third-order valence-corrected chi connectivity index (χ3v) is 3.05. The van der Waals surface area contributed by atoms with Gasteiger partial charge in [-0.05, 0) is 19.1 Å². The summed E-state index contributed by atoms with van der Waals surface area (Å²) < 4.78 is 15.8. The van der Waals surface area contributed by atoms with E-state index in [-0.39, 0.29) is 23.4 Å². The number of hydrogen-bond acceptors (Lipinski definition) is 8. The van der Waals surface area contributed by atoms with Gasteiger partial charge in [-0.25, -0.2) is 4.98 Å². The standard InChI is InChI=1S/C15H18N4O5/c1-10(8-22-2)18-14-13(19(20)21)15(17-9-16-14)24-12-7-5-4-6-11(12)23-3/h4-7,9-10H,8H2,1-3H3,(H,16,17,18). The van der Waals surface area contributed by atoms with E-state index in [0.717, 1.165) is 0 Å². The van der Waals surface area contributed by atoms with Gasteiger partial charge in [-0.1, -0.05) is 12.1 Å². The van der Waals surface area contributed by atoms with Gasteiger partial charge in [0.05, 0.1) is 18.6 Å². The highest BCUT2D eigenvalue weighted by atomic mass is 16.6. The van der Waals surface area contributed by atoms with Crippen molar-refractivity contribution in [2.45, 2.75) is 13.0 Å². The number of aromatic nitrogens is 2. The lowest BCUT2D eigenvalue weighted by Crippen LogP contribution is -2.22. The summed E-state index contributed by atoms with van der Waals surface area (Å²) in [5.41, 5.74) is -0.355. The number of rotatable bonds is 8. The number of nitro groups is 1. The normalized spacial score (nSPS) is 11.6. The molecule has 1 aromatic heterocycles. The van der Waals surface area contributed by atoms with E-state index in [2.05, 4.69) is 15.3 Å². The summed E-state index contributed by atoms with van der Waals surface area (Å²) in [6.07, 6.45) is 1.19. The van der Waals surface area contributed by atoms with Crippen molar-refractivity contribution in [1.29, 1.82) is 0 Å². The van der Waals surface area contributed by atoms with E-state index in [4.69, 9.17) is 14.2 Å². The van der Waals surface area contributed by atoms with Gasteiger partial charge in [-0.15, -0.1) is 0 Å². The van der Waals surface area contributed by atoms with E-state index >= 15 is 0 Å². The Morgan fingerprint density at radius 2 is 1.96 bits per heavy atom. The largest absolute Gasteiger partial charge is 0.493 e. The maximum atomic E-state index is 11.5. The number of methoxy groups -OCH3 is 2. The molecule has 0 aliphatic rings. The molecule has 0 bridgehead atoms. The Morgan fingerprint density at radius 1 is 1.25 bits per heavy atom. The predicted octanol–water partition coefficient (Wildman–Crippen LogP) is 2.63. The van der Waals surface area contributed by atoms with Gasteiger partial charge in [0.25, 0.3) is 0 Å². The summed E-state index contributed by atoms with van der Waals surface area (Å²) in [6.45, 7) is 2.18. The monoisotopic (exact) mass is 334 g/mol. The van der Waals surface area contributed by atoms with E-state index in [1.807, 2.05) is 6.92 Å². The maximum absolute atomic E-state index is 11.5. The zero-order valence-corrected chi connectivity index (χ0v) is 13.6. The van der Waals surface area contributed by atoms with E-state index in [9.17, 15) is 10.1 Å². The first kappa shape index (κ1) is 17.4. The van der Waals surface area contributed by atoms with Gasteiger partial charge < -0.3 is 19.5 Å². The lowest BCUT2D eigenvalue weighted by Gasteiger charge is -2.14. The maximum Gasteiger partial charge on any atom is 0.373 e. The smallest absolute Gasteiger partial charge is 0.373 e. The minimum absolute atomic E-state index is 0.0597. The van der Waals surface area contributed by atoms with Crippen LogP contribution in [0.2, 0.25) is 0 Å². The molecular weight excluding hydrogens is 316 g/mol. The molecule has 1 atom stereocenters. The molecule has 1 heterocycles. The Morgan fingerprint density at radius 3 is 2.58 bits per heavy atom. The molecule has 2 rings (SSSR count). The Labute approximate surface area is 138 Å². The number of anilines is 1. The quantitative estimate of drug-likeness (QED) is 0.579. The summed E-state index contributed by atoms with van der Waals surface area (Å²) >= 11 is 0. The Kier molecular flexibility index (Phi) is 5.85. The molecule has 0 amide bonds. The van der Waals surface area contributed by atoms with Crippen LogP contribution in [-0.2, 0) is 4.74 Å². The second kappa shape index (κ2) is 8.06. The Hall–Kier alpha value is -2.94. The molecule has 0 spiro atoms. The van der Waals surface area contributed by atoms with Crippen LogP contribution in [0.5, 0.6) is 17.4 Å². The van der Waals surface area contributed by atoms with Crippen LogP contribution in [0.1, 0.15) is 6.92 Å². The molecule has 9 nitrogen and oxygen atoms in total. The molecule has 24 heavy (non-hydrogen) atoms. The van der Waals surface area contributed by atoms with Gasteiger partial charge in [0.15, 0.2) is 11.5 Å². The summed E-state index contributed by atoms with van der Waals surface area (Å²) in [5.74, 6) is 0.640. The number of benzene rings is 1. The van der Waals surface area contributed by atoms with Crippen molar-refractivity contribution in [3.63, 3.8) is 0 Å². The van der Waals surface area contributed by atoms with Crippen molar-refractivity contribution in [2.24, 2.45) is 0 Å². The van der Waals surface area contributed by atoms with Crippen molar-refractivity contribution in [2.75, 3.05) is 26.1 Å². The molecule has 1 N–H and O–H groups in total. The van der Waals surface area contributed by atoms with E-state index < -0.39 is 4.92 Å². The Bertz CT molecular complexity index is 710. The fraction of sp³-hybridized carbons (Fsp3) is 0.333. The molecular formula is C15H18N4O5. The van der Waals surface area contributed by atoms with Crippen LogP contribution in [0.4, 0.5) is 11.5 Å². The third-order valence-electron chi connectivity index (χ3n) is 3.05. The first-order valence-electron chi connectivity index (χ1n) is 7.12. The van der Waals surface area contributed by atoms with Crippen molar-refractivity contribution in [3.05, 3.63) is 40.7 Å². The first-order chi connectivity index (χ1) is 11.6. The van der Waals surface area contributed by atoms with Gasteiger partial charge in [0.2, 0.25) is 5.82 Å². The minimum Gasteiger partial charge on any atom is -0.493 e. The highest BCUT2D eigenvalue weighted by Gasteiger charge is 2.26. The summed E-state index contributed by atoms with van der Waals surface area (Å²) in [5, 5.41) is 14.4. The average molecular weight is 334 g/mol. The minimum atomic E-state index is -0.591. The highest BCUT2D eigenvalue weighted by molar-refractivity contribution is 5.62. The zero-order valence-electron chi connectivity index (χ0n) is 13.6. The first-order valence-corrected chi connectivity index (χ1v) is 7.12. The lowest BCUT2D eigenvalue weighted by molar-refractivity contribution is -0.385. The molecule has 9 heteroatoms. The number of ether oxygens (including phenoxy) is 3. The molecule has 1 unspecified atom stereocenters. The van der Waals surface area contributed by atoms with Crippen LogP contribution in [0.3, 0.4) is 0 Å². The topological polar surface area (TPSA) is 109 Å². The molecule has 128 valence electrons. The average Bonchev–Trinajstić information content (AvgIpc) is 2.55. The highest BCUT2D eigenvalue weighted by Crippen LogP contribution is 2.37. The Balaban J connectivity index is 2.37. The molecule has 0 aliphatic heterocycles. The predicted molar refractivity (Wildman–Crippen MR) is 86.7 cm³/mol. The van der Waals surface area contributed by atoms with Crippen LogP contribution >= 0.6 is 0 Å². The molecule has 0 radical (unpaired) electrons. The van der Waals surface area contributed by atoms with Gasteiger partial charge >= 0.3 is 11.6 Å². The van der Waals surface area contributed by atoms with Gasteiger partial charge in [0, 0.05) is 13.2 Å². The van der Waals surface area contributed by atoms with E-state index in [1.54, 1.807) is 31.4 Å². The number of hydrogen-bond donors (Lipinski definition) is 1. The second-order valence-electron chi connectivity index (χ2n) is 4.89. The second-order valence-corrected chi connectivity index (χ2v) is 4.89. The summed E-state index contributed by atoms with van der Waals surface area (Å²) in [7, 11) is 3.03. The van der Waals surface area contributed by atoms with Gasteiger partial charge in [-0.3, -0.25) is 10.1 Å². The van der Waals surface area contributed by atoms with Crippen molar-refractivity contribution in [1.82, 2.24) is 9.97 Å². The van der Waals surface area contributed by atoms with Crippen LogP contribution in [0.25, 0.3) is 0 Å². The van der Waals surface area contributed by atoms with Crippen LogP contribution in [-0.4, -0.2) is 41.8 Å². The van der Waals surface area contributed by atoms with Crippen LogP contribution in [0.15, 0.2) is 30.6 Å². The molecule has 1 aromatic carbocycles. The van der Waals surface area contributed by atoms with E-state index in [1.165, 1.54) is 13.4 Å². The molecule has 0 saturated carbocycles. The van der Waals surface area contributed by atoms with Gasteiger partial charge in [-0.2, -0.15) is 4.98 Å². The molecule has 2 aromatic rings. The molecule has 0 fully saturated rings. The summed E-state index contributed by atoms with van der Waals surface area (Å²) in [6, 6.07) is 6.63. The van der Waals surface area contributed by atoms with Gasteiger partial charge in [0.1, 0.15) is 6.33 Å². The van der Waals surface area contributed by atoms with Crippen molar-refractivity contribution < 1.29 is 19.1 Å². The number of nitrogens with one attached hydrogen (secondary N) is 1. The number of para-hydroxylation sites is 2. The van der Waals surface area contributed by atoms with Crippen LogP contribution < -0.4 is 14.8 Å². The summed E-state index contributed by atoms with van der Waals surface area (Å²) in [4.78, 5) is 18.7. The fourth-order valence-electron chi connectivity index (χ4n) is 2.04. The zero-order chi connectivity index (χ0) is 17.5. The van der Waals surface area contributed by atoms with Crippen molar-refractivity contribution in [3.8, 4) is 17.4 Å². The van der Waals surface area contributed by atoms with E-state index in [0.29, 0.717) is 18.1 Å².